The first kappa shape index (κ1) is 21.6. The van der Waals surface area contributed by atoms with Crippen LogP contribution in [0.5, 0.6) is 5.75 Å². The van der Waals surface area contributed by atoms with Gasteiger partial charge in [-0.2, -0.15) is 0 Å². The number of rotatable bonds is 2. The number of carbonyl (C=O) groups is 1. The largest absolute Gasteiger partial charge is 0.573 e. The Bertz CT molecular complexity index is 897. The molecule has 2 aromatic rings. The van der Waals surface area contributed by atoms with Crippen LogP contribution >= 0.6 is 15.9 Å². The van der Waals surface area contributed by atoms with Crippen LogP contribution in [0.25, 0.3) is 0 Å². The zero-order valence-corrected chi connectivity index (χ0v) is 16.9. The fourth-order valence-electron chi connectivity index (χ4n) is 2.02. The van der Waals surface area contributed by atoms with E-state index in [1.54, 1.807) is 45.0 Å². The molecule has 1 amide bonds. The maximum atomic E-state index is 12.6. The van der Waals surface area contributed by atoms with Crippen LogP contribution in [0.2, 0.25) is 0 Å². The Kier molecular flexibility index (Phi) is 6.62. The zero-order valence-electron chi connectivity index (χ0n) is 15.3. The van der Waals surface area contributed by atoms with Gasteiger partial charge >= 0.3 is 12.5 Å². The number of nitrogens with zero attached hydrogens (tertiary/aromatic N) is 1. The number of carbonyl (C=O) groups excluding carboxylic acids is 1. The van der Waals surface area contributed by atoms with Crippen molar-refractivity contribution >= 4 is 27.7 Å². The highest BCUT2D eigenvalue weighted by Crippen LogP contribution is 2.33. The molecule has 0 spiro atoms. The normalized spacial score (nSPS) is 11.2. The fourth-order valence-corrected chi connectivity index (χ4v) is 2.55. The molecule has 0 atom stereocenters. The molecular formula is C20H17BrF3NO3. The molecule has 0 unspecified atom stereocenters. The number of hydrogen-bond acceptors (Lipinski definition) is 3. The lowest BCUT2D eigenvalue weighted by Gasteiger charge is -2.24. The fraction of sp³-hybridized carbons (Fsp3) is 0.250. The average molecular weight is 456 g/mol. The quantitative estimate of drug-likeness (QED) is 0.405. The molecule has 28 heavy (non-hydrogen) atoms. The van der Waals surface area contributed by atoms with Gasteiger partial charge in [0.1, 0.15) is 11.4 Å². The molecule has 0 bridgehead atoms. The Morgan fingerprint density at radius 3 is 2.25 bits per heavy atom. The molecule has 0 N–H and O–H groups in total. The summed E-state index contributed by atoms with van der Waals surface area (Å²) in [6.07, 6.45) is -5.58. The number of anilines is 1. The molecule has 0 saturated carbocycles. The molecule has 0 saturated heterocycles. The number of alkyl halides is 3. The van der Waals surface area contributed by atoms with Crippen LogP contribution in [0.3, 0.4) is 0 Å². The van der Waals surface area contributed by atoms with Gasteiger partial charge in [-0.3, -0.25) is 0 Å². The number of benzene rings is 2. The molecule has 4 nitrogen and oxygen atoms in total. The van der Waals surface area contributed by atoms with E-state index in [1.165, 1.54) is 6.07 Å². The van der Waals surface area contributed by atoms with E-state index in [0.717, 1.165) is 17.0 Å². The van der Waals surface area contributed by atoms with Crippen molar-refractivity contribution in [3.8, 4) is 17.7 Å². The van der Waals surface area contributed by atoms with Gasteiger partial charge in [0.25, 0.3) is 0 Å². The summed E-state index contributed by atoms with van der Waals surface area (Å²) in [6.45, 7) is 5.09. The zero-order chi connectivity index (χ0) is 20.9. The summed E-state index contributed by atoms with van der Waals surface area (Å²) >= 11 is 3.16. The predicted molar refractivity (Wildman–Crippen MR) is 103 cm³/mol. The van der Waals surface area contributed by atoms with Gasteiger partial charge in [-0.05, 0) is 73.0 Å². The second-order valence-electron chi connectivity index (χ2n) is 6.58. The maximum Gasteiger partial charge on any atom is 0.573 e. The number of ether oxygens (including phenoxy) is 2. The van der Waals surface area contributed by atoms with E-state index in [4.69, 9.17) is 4.74 Å². The van der Waals surface area contributed by atoms with Crippen molar-refractivity contribution in [1.82, 2.24) is 0 Å². The van der Waals surface area contributed by atoms with Crippen LogP contribution in [-0.4, -0.2) is 18.1 Å². The third kappa shape index (κ3) is 6.82. The van der Waals surface area contributed by atoms with E-state index in [-0.39, 0.29) is 10.2 Å². The van der Waals surface area contributed by atoms with Gasteiger partial charge < -0.3 is 9.47 Å². The molecule has 0 radical (unpaired) electrons. The minimum absolute atomic E-state index is 0.183. The van der Waals surface area contributed by atoms with Gasteiger partial charge in [-0.15, -0.1) is 13.2 Å². The van der Waals surface area contributed by atoms with Gasteiger partial charge in [0, 0.05) is 16.1 Å². The molecule has 0 aliphatic carbocycles. The Balaban J connectivity index is 2.41. The van der Waals surface area contributed by atoms with Gasteiger partial charge in [-0.25, -0.2) is 9.69 Å². The van der Waals surface area contributed by atoms with Crippen molar-refractivity contribution in [2.75, 3.05) is 4.90 Å². The van der Waals surface area contributed by atoms with Crippen LogP contribution in [0.1, 0.15) is 26.3 Å². The monoisotopic (exact) mass is 455 g/mol. The summed E-state index contributed by atoms with van der Waals surface area (Å²) in [7, 11) is 0. The first-order chi connectivity index (χ1) is 12.9. The summed E-state index contributed by atoms with van der Waals surface area (Å²) < 4.78 is 46.7. The molecule has 148 valence electrons. The van der Waals surface area contributed by atoms with Gasteiger partial charge in [0.15, 0.2) is 0 Å². The second-order valence-corrected chi connectivity index (χ2v) is 7.43. The minimum Gasteiger partial charge on any atom is -0.443 e. The van der Waals surface area contributed by atoms with Crippen molar-refractivity contribution in [2.45, 2.75) is 32.7 Å². The van der Waals surface area contributed by atoms with Crippen molar-refractivity contribution in [3.63, 3.8) is 0 Å². The predicted octanol–water partition coefficient (Wildman–Crippen LogP) is 6.10. The van der Waals surface area contributed by atoms with Crippen LogP contribution in [-0.2, 0) is 4.74 Å². The van der Waals surface area contributed by atoms with Crippen molar-refractivity contribution in [3.05, 3.63) is 58.6 Å². The molecule has 0 heterocycles. The van der Waals surface area contributed by atoms with Gasteiger partial charge in [-0.1, -0.05) is 18.2 Å². The first-order valence-corrected chi connectivity index (χ1v) is 8.89. The Hall–Kier alpha value is -2.66. The summed E-state index contributed by atoms with van der Waals surface area (Å²) in [4.78, 5) is 13.6. The lowest BCUT2D eigenvalue weighted by molar-refractivity contribution is -0.274. The Labute approximate surface area is 169 Å². The molecule has 2 rings (SSSR count). The number of amides is 1. The van der Waals surface area contributed by atoms with Crippen LogP contribution in [0.15, 0.2) is 53.0 Å². The van der Waals surface area contributed by atoms with E-state index in [9.17, 15) is 18.0 Å². The second kappa shape index (κ2) is 8.57. The number of hydrogen-bond donors (Lipinski definition) is 0. The lowest BCUT2D eigenvalue weighted by atomic mass is 10.2. The Morgan fingerprint density at radius 2 is 1.71 bits per heavy atom. The minimum atomic E-state index is -4.82. The van der Waals surface area contributed by atoms with Gasteiger partial charge in [0.05, 0.1) is 5.69 Å². The molecule has 0 aliphatic heterocycles. The van der Waals surface area contributed by atoms with E-state index in [2.05, 4.69) is 32.6 Å². The third-order valence-corrected chi connectivity index (χ3v) is 3.69. The SMILES string of the molecule is CC(C)(C)OC(=O)N(C#Cc1ccccc1)c1ccc(OC(F)(F)F)cc1Br. The molecule has 2 aromatic carbocycles. The van der Waals surface area contributed by atoms with Crippen molar-refractivity contribution < 1.29 is 27.4 Å². The smallest absolute Gasteiger partial charge is 0.443 e. The number of halogens is 4. The highest BCUT2D eigenvalue weighted by Gasteiger charge is 2.31. The third-order valence-electron chi connectivity index (χ3n) is 3.06. The molecule has 0 aromatic heterocycles. The molecular weight excluding hydrogens is 439 g/mol. The Morgan fingerprint density at radius 1 is 1.07 bits per heavy atom. The average Bonchev–Trinajstić information content (AvgIpc) is 2.54. The van der Waals surface area contributed by atoms with E-state index >= 15 is 0 Å². The van der Waals surface area contributed by atoms with Crippen molar-refractivity contribution in [2.24, 2.45) is 0 Å². The summed E-state index contributed by atoms with van der Waals surface area (Å²) in [5.74, 6) is 2.41. The van der Waals surface area contributed by atoms with Crippen LogP contribution < -0.4 is 9.64 Å². The standard InChI is InChI=1S/C20H17BrF3NO3/c1-19(2,3)28-18(26)25(12-11-14-7-5-4-6-8-14)17-10-9-15(13-16(17)21)27-20(22,23)24/h4-10,13H,1-3H3. The summed E-state index contributed by atoms with van der Waals surface area (Å²) in [5.41, 5.74) is 0.0895. The molecule has 8 heteroatoms. The summed E-state index contributed by atoms with van der Waals surface area (Å²) in [5, 5.41) is 0. The highest BCUT2D eigenvalue weighted by atomic mass is 79.9. The van der Waals surface area contributed by atoms with E-state index < -0.39 is 23.8 Å². The summed E-state index contributed by atoms with van der Waals surface area (Å²) in [6, 6.07) is 15.1. The van der Waals surface area contributed by atoms with Gasteiger partial charge in [0.2, 0.25) is 0 Å². The van der Waals surface area contributed by atoms with Crippen LogP contribution in [0.4, 0.5) is 23.7 Å². The topological polar surface area (TPSA) is 38.8 Å². The first-order valence-electron chi connectivity index (χ1n) is 8.10. The molecule has 0 fully saturated rings. The maximum absolute atomic E-state index is 12.6. The van der Waals surface area contributed by atoms with Crippen molar-refractivity contribution in [1.29, 1.82) is 0 Å². The van der Waals surface area contributed by atoms with E-state index in [1.807, 2.05) is 6.07 Å². The van der Waals surface area contributed by atoms with Crippen LogP contribution in [0, 0.1) is 12.0 Å². The lowest BCUT2D eigenvalue weighted by Crippen LogP contribution is -2.34. The highest BCUT2D eigenvalue weighted by molar-refractivity contribution is 9.10. The van der Waals surface area contributed by atoms with E-state index in [0.29, 0.717) is 5.56 Å². The molecule has 0 aliphatic rings.